The number of aryl methyl sites for hydroxylation is 1. The van der Waals surface area contributed by atoms with Crippen molar-refractivity contribution in [1.82, 2.24) is 19.7 Å². The summed E-state index contributed by atoms with van der Waals surface area (Å²) >= 11 is 6.10. The smallest absolute Gasteiger partial charge is 0.253 e. The molecule has 31 heavy (non-hydrogen) atoms. The molecule has 2 aromatic carbocycles. The molecule has 9 heteroatoms. The number of halogens is 1. The van der Waals surface area contributed by atoms with Gasteiger partial charge < -0.3 is 15.5 Å². The Labute approximate surface area is 185 Å². The minimum Gasteiger partial charge on any atom is -0.376 e. The summed E-state index contributed by atoms with van der Waals surface area (Å²) in [5, 5.41) is 10.6. The zero-order valence-electron chi connectivity index (χ0n) is 17.1. The highest BCUT2D eigenvalue weighted by Crippen LogP contribution is 2.24. The van der Waals surface area contributed by atoms with Crippen molar-refractivity contribution < 1.29 is 9.59 Å². The quantitative estimate of drug-likeness (QED) is 0.614. The molecule has 160 valence electrons. The van der Waals surface area contributed by atoms with Gasteiger partial charge in [-0.3, -0.25) is 9.59 Å². The third-order valence-corrected chi connectivity index (χ3v) is 5.44. The lowest BCUT2D eigenvalue weighted by atomic mass is 10.1. The van der Waals surface area contributed by atoms with E-state index in [1.54, 1.807) is 35.3 Å². The van der Waals surface area contributed by atoms with Gasteiger partial charge in [-0.05, 0) is 61.7 Å². The fourth-order valence-corrected chi connectivity index (χ4v) is 3.78. The van der Waals surface area contributed by atoms with E-state index in [1.165, 1.54) is 6.33 Å². The molecule has 1 aliphatic rings. The number of aromatic nitrogens is 3. The van der Waals surface area contributed by atoms with Crippen LogP contribution in [0.5, 0.6) is 0 Å². The van der Waals surface area contributed by atoms with Crippen LogP contribution in [0.2, 0.25) is 5.02 Å². The number of anilines is 2. The van der Waals surface area contributed by atoms with Crippen LogP contribution in [0, 0.1) is 6.92 Å². The van der Waals surface area contributed by atoms with Gasteiger partial charge in [0.05, 0.1) is 17.9 Å². The first kappa shape index (κ1) is 20.9. The van der Waals surface area contributed by atoms with E-state index >= 15 is 0 Å². The predicted octanol–water partition coefficient (Wildman–Crippen LogP) is 3.52. The van der Waals surface area contributed by atoms with Crippen LogP contribution in [0.15, 0.2) is 49.1 Å². The summed E-state index contributed by atoms with van der Waals surface area (Å²) in [5.41, 5.74) is 3.58. The van der Waals surface area contributed by atoms with Crippen LogP contribution in [0.4, 0.5) is 11.4 Å². The number of amides is 2. The summed E-state index contributed by atoms with van der Waals surface area (Å²) in [6.45, 7) is 3.61. The summed E-state index contributed by atoms with van der Waals surface area (Å²) in [6, 6.07) is 10.7. The number of carbonyl (C=O) groups excluding carboxylic acids is 2. The van der Waals surface area contributed by atoms with Gasteiger partial charge in [0.15, 0.2) is 0 Å². The topological polar surface area (TPSA) is 92.2 Å². The maximum Gasteiger partial charge on any atom is 0.253 e. The average molecular weight is 439 g/mol. The Morgan fingerprint density at radius 2 is 1.90 bits per heavy atom. The molecule has 0 saturated carbocycles. The fourth-order valence-electron chi connectivity index (χ4n) is 3.61. The molecule has 2 N–H and O–H groups in total. The lowest BCUT2D eigenvalue weighted by Gasteiger charge is -2.17. The molecule has 0 spiro atoms. The molecule has 1 saturated heterocycles. The Balaban J connectivity index is 1.40. The van der Waals surface area contributed by atoms with E-state index in [9.17, 15) is 9.59 Å². The van der Waals surface area contributed by atoms with Crippen LogP contribution in [-0.4, -0.2) is 51.1 Å². The number of hydrogen-bond acceptors (Lipinski definition) is 5. The number of nitrogens with zero attached hydrogens (tertiary/aromatic N) is 4. The Kier molecular flexibility index (Phi) is 6.18. The molecular formula is C22H23ClN6O2. The lowest BCUT2D eigenvalue weighted by molar-refractivity contribution is -0.114. The minimum atomic E-state index is -0.236. The molecule has 2 heterocycles. The molecule has 0 unspecified atom stereocenters. The van der Waals surface area contributed by atoms with Crippen LogP contribution in [0.3, 0.4) is 0 Å². The molecule has 0 aliphatic carbocycles. The molecule has 0 radical (unpaired) electrons. The maximum atomic E-state index is 12.6. The zero-order chi connectivity index (χ0) is 21.8. The van der Waals surface area contributed by atoms with Gasteiger partial charge in [0.25, 0.3) is 5.91 Å². The molecule has 1 aromatic heterocycles. The molecule has 2 amide bonds. The number of nitrogens with one attached hydrogen (secondary N) is 2. The lowest BCUT2D eigenvalue weighted by Crippen LogP contribution is -2.27. The average Bonchev–Trinajstić information content (AvgIpc) is 3.47. The minimum absolute atomic E-state index is 0.0591. The van der Waals surface area contributed by atoms with Gasteiger partial charge in [-0.25, -0.2) is 9.67 Å². The van der Waals surface area contributed by atoms with Gasteiger partial charge in [0.2, 0.25) is 5.91 Å². The van der Waals surface area contributed by atoms with Crippen molar-refractivity contribution >= 4 is 34.8 Å². The van der Waals surface area contributed by atoms with Crippen molar-refractivity contribution in [2.45, 2.75) is 19.8 Å². The highest BCUT2D eigenvalue weighted by Gasteiger charge is 2.20. The third-order valence-electron chi connectivity index (χ3n) is 5.20. The van der Waals surface area contributed by atoms with E-state index in [1.807, 2.05) is 24.0 Å². The van der Waals surface area contributed by atoms with Crippen LogP contribution >= 0.6 is 11.6 Å². The first-order valence-corrected chi connectivity index (χ1v) is 10.5. The summed E-state index contributed by atoms with van der Waals surface area (Å²) in [7, 11) is 0. The SMILES string of the molecule is Cc1cc(C(=O)N2CCCC2)ccc1NCC(=O)Nc1cc(Cl)ccc1-n1cncn1. The van der Waals surface area contributed by atoms with Crippen molar-refractivity contribution in [2.75, 3.05) is 30.3 Å². The van der Waals surface area contributed by atoms with Gasteiger partial charge in [0.1, 0.15) is 12.7 Å². The molecular weight excluding hydrogens is 416 g/mol. The van der Waals surface area contributed by atoms with E-state index in [0.717, 1.165) is 37.2 Å². The first-order chi connectivity index (χ1) is 15.0. The highest BCUT2D eigenvalue weighted by molar-refractivity contribution is 6.31. The van der Waals surface area contributed by atoms with Crippen LogP contribution in [-0.2, 0) is 4.79 Å². The Bertz CT molecular complexity index is 1090. The molecule has 0 atom stereocenters. The summed E-state index contributed by atoms with van der Waals surface area (Å²) < 4.78 is 1.56. The Morgan fingerprint density at radius 1 is 1.10 bits per heavy atom. The molecule has 1 fully saturated rings. The van der Waals surface area contributed by atoms with Crippen molar-refractivity contribution in [3.63, 3.8) is 0 Å². The number of benzene rings is 2. The van der Waals surface area contributed by atoms with Gasteiger partial charge >= 0.3 is 0 Å². The van der Waals surface area contributed by atoms with E-state index in [0.29, 0.717) is 22.0 Å². The van der Waals surface area contributed by atoms with Gasteiger partial charge in [-0.1, -0.05) is 11.6 Å². The number of hydrogen-bond donors (Lipinski definition) is 2. The molecule has 0 bridgehead atoms. The van der Waals surface area contributed by atoms with Crippen molar-refractivity contribution in [2.24, 2.45) is 0 Å². The molecule has 1 aliphatic heterocycles. The Hall–Kier alpha value is -3.39. The van der Waals surface area contributed by atoms with E-state index in [2.05, 4.69) is 20.7 Å². The second-order valence-electron chi connectivity index (χ2n) is 7.43. The second-order valence-corrected chi connectivity index (χ2v) is 7.87. The predicted molar refractivity (Wildman–Crippen MR) is 120 cm³/mol. The number of carbonyl (C=O) groups is 2. The van der Waals surface area contributed by atoms with Crippen molar-refractivity contribution in [1.29, 1.82) is 0 Å². The fraction of sp³-hybridized carbons (Fsp3) is 0.273. The standard InChI is InChI=1S/C22H23ClN6O2/c1-15-10-16(22(31)28-8-2-3-9-28)4-6-18(15)25-12-21(30)27-19-11-17(23)5-7-20(19)29-14-24-13-26-29/h4-7,10-11,13-14,25H,2-3,8-9,12H2,1H3,(H,27,30). The monoisotopic (exact) mass is 438 g/mol. The van der Waals surface area contributed by atoms with Gasteiger partial charge in [-0.2, -0.15) is 5.10 Å². The second kappa shape index (κ2) is 9.18. The van der Waals surface area contributed by atoms with Gasteiger partial charge in [0, 0.05) is 29.4 Å². The number of likely N-dealkylation sites (tertiary alicyclic amines) is 1. The van der Waals surface area contributed by atoms with Crippen molar-refractivity contribution in [3.05, 3.63) is 65.2 Å². The summed E-state index contributed by atoms with van der Waals surface area (Å²) in [5.74, 6) is -0.174. The zero-order valence-corrected chi connectivity index (χ0v) is 17.9. The largest absolute Gasteiger partial charge is 0.376 e. The first-order valence-electron chi connectivity index (χ1n) is 10.1. The Morgan fingerprint density at radius 3 is 2.61 bits per heavy atom. The van der Waals surface area contributed by atoms with E-state index in [4.69, 9.17) is 11.6 Å². The van der Waals surface area contributed by atoms with E-state index in [-0.39, 0.29) is 18.4 Å². The van der Waals surface area contributed by atoms with Crippen LogP contribution in [0.25, 0.3) is 5.69 Å². The van der Waals surface area contributed by atoms with Crippen molar-refractivity contribution in [3.8, 4) is 5.69 Å². The highest BCUT2D eigenvalue weighted by atomic mass is 35.5. The maximum absolute atomic E-state index is 12.6. The molecule has 4 rings (SSSR count). The third kappa shape index (κ3) is 4.86. The molecule has 8 nitrogen and oxygen atoms in total. The number of rotatable bonds is 6. The van der Waals surface area contributed by atoms with Gasteiger partial charge in [-0.15, -0.1) is 0 Å². The normalized spacial score (nSPS) is 13.3. The summed E-state index contributed by atoms with van der Waals surface area (Å²) in [6.07, 6.45) is 5.09. The summed E-state index contributed by atoms with van der Waals surface area (Å²) in [4.78, 5) is 30.9. The van der Waals surface area contributed by atoms with Crippen LogP contribution in [0.1, 0.15) is 28.8 Å². The van der Waals surface area contributed by atoms with Crippen LogP contribution < -0.4 is 10.6 Å². The molecule has 3 aromatic rings. The van der Waals surface area contributed by atoms with E-state index < -0.39 is 0 Å².